The molecule has 102 valence electrons. The highest BCUT2D eigenvalue weighted by Crippen LogP contribution is 2.10. The minimum atomic E-state index is -3.32. The molecule has 0 radical (unpaired) electrons. The molecular formula is C13H16N2O2S2. The first kappa shape index (κ1) is 14.2. The van der Waals surface area contributed by atoms with Gasteiger partial charge in [-0.25, -0.2) is 13.1 Å². The van der Waals surface area contributed by atoms with E-state index in [-0.39, 0.29) is 5.75 Å². The van der Waals surface area contributed by atoms with Crippen LogP contribution in [0, 0.1) is 0 Å². The summed E-state index contributed by atoms with van der Waals surface area (Å²) in [6.45, 7) is 0.749. The maximum atomic E-state index is 12.0. The molecule has 0 fully saturated rings. The summed E-state index contributed by atoms with van der Waals surface area (Å²) in [5.41, 5.74) is 8.20. The first-order valence-corrected chi connectivity index (χ1v) is 8.45. The third-order valence-electron chi connectivity index (χ3n) is 2.66. The lowest BCUT2D eigenvalue weighted by Gasteiger charge is -2.07. The second-order valence-corrected chi connectivity index (χ2v) is 6.82. The number of hydrogen-bond acceptors (Lipinski definition) is 4. The van der Waals surface area contributed by atoms with E-state index in [1.165, 1.54) is 0 Å². The van der Waals surface area contributed by atoms with Crippen molar-refractivity contribution in [1.29, 1.82) is 0 Å². The van der Waals surface area contributed by atoms with Crippen LogP contribution in [0.1, 0.15) is 16.7 Å². The third-order valence-corrected chi connectivity index (χ3v) is 4.69. The van der Waals surface area contributed by atoms with E-state index >= 15 is 0 Å². The van der Waals surface area contributed by atoms with Crippen LogP contribution in [0.25, 0.3) is 0 Å². The molecule has 0 atom stereocenters. The molecular weight excluding hydrogens is 280 g/mol. The first-order chi connectivity index (χ1) is 9.09. The van der Waals surface area contributed by atoms with E-state index in [0.29, 0.717) is 13.1 Å². The van der Waals surface area contributed by atoms with Gasteiger partial charge in [0.05, 0.1) is 5.75 Å². The van der Waals surface area contributed by atoms with Crippen LogP contribution in [0.5, 0.6) is 0 Å². The van der Waals surface area contributed by atoms with E-state index in [0.717, 1.165) is 16.7 Å². The number of rotatable bonds is 6. The average molecular weight is 296 g/mol. The summed E-state index contributed by atoms with van der Waals surface area (Å²) >= 11 is 1.55. The lowest BCUT2D eigenvalue weighted by atomic mass is 10.1. The van der Waals surface area contributed by atoms with Gasteiger partial charge in [0.25, 0.3) is 0 Å². The molecule has 1 aromatic carbocycles. The Morgan fingerprint density at radius 1 is 1.16 bits per heavy atom. The molecule has 0 saturated heterocycles. The van der Waals surface area contributed by atoms with Gasteiger partial charge in [0, 0.05) is 13.1 Å². The normalized spacial score (nSPS) is 11.6. The van der Waals surface area contributed by atoms with Crippen LogP contribution < -0.4 is 10.5 Å². The Kier molecular flexibility index (Phi) is 4.71. The smallest absolute Gasteiger partial charge is 0.216 e. The number of nitrogens with one attached hydrogen (secondary N) is 1. The van der Waals surface area contributed by atoms with Gasteiger partial charge in [-0.2, -0.15) is 11.3 Å². The van der Waals surface area contributed by atoms with Crippen molar-refractivity contribution in [2.75, 3.05) is 0 Å². The molecule has 0 spiro atoms. The van der Waals surface area contributed by atoms with Crippen LogP contribution in [0.2, 0.25) is 0 Å². The van der Waals surface area contributed by atoms with Crippen LogP contribution in [0.4, 0.5) is 0 Å². The highest BCUT2D eigenvalue weighted by atomic mass is 32.2. The van der Waals surface area contributed by atoms with E-state index in [1.807, 2.05) is 35.0 Å². The van der Waals surface area contributed by atoms with Crippen molar-refractivity contribution in [3.63, 3.8) is 0 Å². The maximum Gasteiger partial charge on any atom is 0.216 e. The van der Waals surface area contributed by atoms with Gasteiger partial charge in [-0.15, -0.1) is 0 Å². The van der Waals surface area contributed by atoms with Gasteiger partial charge in [-0.3, -0.25) is 0 Å². The van der Waals surface area contributed by atoms with Crippen molar-refractivity contribution in [3.8, 4) is 0 Å². The second kappa shape index (κ2) is 6.29. The van der Waals surface area contributed by atoms with Crippen LogP contribution in [0.15, 0.2) is 41.1 Å². The molecule has 4 nitrogen and oxygen atoms in total. The summed E-state index contributed by atoms with van der Waals surface area (Å²) < 4.78 is 26.5. The third kappa shape index (κ3) is 4.43. The Morgan fingerprint density at radius 3 is 2.63 bits per heavy atom. The summed E-state index contributed by atoms with van der Waals surface area (Å²) in [6.07, 6.45) is 0. The van der Waals surface area contributed by atoms with Crippen molar-refractivity contribution in [1.82, 2.24) is 4.72 Å². The summed E-state index contributed by atoms with van der Waals surface area (Å²) in [4.78, 5) is 0. The van der Waals surface area contributed by atoms with Crippen LogP contribution in [-0.4, -0.2) is 8.42 Å². The summed E-state index contributed by atoms with van der Waals surface area (Å²) in [6, 6.07) is 9.23. The SMILES string of the molecule is NCc1cccc(CS(=O)(=O)NCc2ccsc2)c1. The lowest BCUT2D eigenvalue weighted by Crippen LogP contribution is -2.24. The van der Waals surface area contributed by atoms with E-state index in [9.17, 15) is 8.42 Å². The van der Waals surface area contributed by atoms with Crippen molar-refractivity contribution >= 4 is 21.4 Å². The number of benzene rings is 1. The molecule has 3 N–H and O–H groups in total. The van der Waals surface area contributed by atoms with Crippen LogP contribution in [-0.2, 0) is 28.9 Å². The number of sulfonamides is 1. The zero-order valence-electron chi connectivity index (χ0n) is 10.4. The van der Waals surface area contributed by atoms with Gasteiger partial charge in [-0.05, 0) is 33.5 Å². The molecule has 6 heteroatoms. The quantitative estimate of drug-likeness (QED) is 0.854. The van der Waals surface area contributed by atoms with Gasteiger partial charge in [-0.1, -0.05) is 24.3 Å². The first-order valence-electron chi connectivity index (χ1n) is 5.85. The average Bonchev–Trinajstić information content (AvgIpc) is 2.89. The van der Waals surface area contributed by atoms with Crippen LogP contribution in [0.3, 0.4) is 0 Å². The van der Waals surface area contributed by atoms with E-state index in [1.54, 1.807) is 17.4 Å². The highest BCUT2D eigenvalue weighted by Gasteiger charge is 2.11. The van der Waals surface area contributed by atoms with E-state index in [2.05, 4.69) is 4.72 Å². The van der Waals surface area contributed by atoms with Gasteiger partial charge < -0.3 is 5.73 Å². The van der Waals surface area contributed by atoms with Gasteiger partial charge in [0.2, 0.25) is 10.0 Å². The molecule has 1 heterocycles. The number of nitrogens with two attached hydrogens (primary N) is 1. The maximum absolute atomic E-state index is 12.0. The summed E-state index contributed by atoms with van der Waals surface area (Å²) in [7, 11) is -3.32. The minimum Gasteiger partial charge on any atom is -0.326 e. The Bertz CT molecular complexity index is 622. The zero-order chi connectivity index (χ0) is 13.7. The Labute approximate surface area is 117 Å². The standard InChI is InChI=1S/C13H16N2O2S2/c14-7-11-2-1-3-12(6-11)10-19(16,17)15-8-13-4-5-18-9-13/h1-6,9,15H,7-8,10,14H2. The minimum absolute atomic E-state index is 0.0228. The topological polar surface area (TPSA) is 72.2 Å². The summed E-state index contributed by atoms with van der Waals surface area (Å²) in [5, 5.41) is 3.85. The highest BCUT2D eigenvalue weighted by molar-refractivity contribution is 7.88. The predicted molar refractivity (Wildman–Crippen MR) is 78.1 cm³/mol. The van der Waals surface area contributed by atoms with Gasteiger partial charge in [0.15, 0.2) is 0 Å². The molecule has 0 saturated carbocycles. The Balaban J connectivity index is 2.00. The summed E-state index contributed by atoms with van der Waals surface area (Å²) in [5.74, 6) is -0.0228. The molecule has 0 aliphatic rings. The van der Waals surface area contributed by atoms with Crippen molar-refractivity contribution < 1.29 is 8.42 Å². The second-order valence-electron chi connectivity index (χ2n) is 4.24. The fourth-order valence-corrected chi connectivity index (χ4v) is 3.48. The van der Waals surface area contributed by atoms with Crippen molar-refractivity contribution in [2.45, 2.75) is 18.8 Å². The molecule has 2 rings (SSSR count). The van der Waals surface area contributed by atoms with E-state index in [4.69, 9.17) is 5.73 Å². The molecule has 2 aromatic rings. The molecule has 0 unspecified atom stereocenters. The molecule has 1 aromatic heterocycles. The monoisotopic (exact) mass is 296 g/mol. The molecule has 0 aliphatic heterocycles. The lowest BCUT2D eigenvalue weighted by molar-refractivity contribution is 0.580. The molecule has 0 amide bonds. The molecule has 0 bridgehead atoms. The van der Waals surface area contributed by atoms with E-state index < -0.39 is 10.0 Å². The predicted octanol–water partition coefficient (Wildman–Crippen LogP) is 1.83. The fourth-order valence-electron chi connectivity index (χ4n) is 1.70. The number of thiophene rings is 1. The van der Waals surface area contributed by atoms with Gasteiger partial charge in [0.1, 0.15) is 0 Å². The van der Waals surface area contributed by atoms with Gasteiger partial charge >= 0.3 is 0 Å². The largest absolute Gasteiger partial charge is 0.326 e. The van der Waals surface area contributed by atoms with Crippen molar-refractivity contribution in [2.24, 2.45) is 5.73 Å². The number of hydrogen-bond donors (Lipinski definition) is 2. The van der Waals surface area contributed by atoms with Crippen LogP contribution >= 0.6 is 11.3 Å². The molecule has 19 heavy (non-hydrogen) atoms. The zero-order valence-corrected chi connectivity index (χ0v) is 12.0. The Morgan fingerprint density at radius 2 is 1.95 bits per heavy atom. The molecule has 0 aliphatic carbocycles. The van der Waals surface area contributed by atoms with Crippen molar-refractivity contribution in [3.05, 3.63) is 57.8 Å². The fraction of sp³-hybridized carbons (Fsp3) is 0.231. The Hall–Kier alpha value is -1.21.